The van der Waals surface area contributed by atoms with Gasteiger partial charge in [0.25, 0.3) is 0 Å². The lowest BCUT2D eigenvalue weighted by Gasteiger charge is -2.18. The maximum absolute atomic E-state index is 11.8. The van der Waals surface area contributed by atoms with E-state index < -0.39 is 16.7 Å². The molecule has 0 aliphatic carbocycles. The molecule has 100 valence electrons. The average molecular weight is 263 g/mol. The molecule has 0 aromatic heterocycles. The van der Waals surface area contributed by atoms with Gasteiger partial charge < -0.3 is 16.3 Å². The number of oxime groups is 1. The first-order chi connectivity index (χ1) is 7.92. The zero-order chi connectivity index (χ0) is 13.4. The summed E-state index contributed by atoms with van der Waals surface area (Å²) in [4.78, 5) is 11.8. The van der Waals surface area contributed by atoms with Gasteiger partial charge in [-0.05, 0) is 13.3 Å². The van der Waals surface area contributed by atoms with Crippen LogP contribution in [0.15, 0.2) is 5.16 Å². The summed E-state index contributed by atoms with van der Waals surface area (Å²) in [6, 6.07) is -0.195. The van der Waals surface area contributed by atoms with Crippen LogP contribution in [0.1, 0.15) is 26.7 Å². The summed E-state index contributed by atoms with van der Waals surface area (Å²) in [7, 11) is -0.967. The molecule has 4 N–H and O–H groups in total. The fourth-order valence-corrected chi connectivity index (χ4v) is 2.30. The lowest BCUT2D eigenvalue weighted by Crippen LogP contribution is -2.44. The maximum atomic E-state index is 11.8. The van der Waals surface area contributed by atoms with Crippen LogP contribution in [0.4, 0.5) is 0 Å². The van der Waals surface area contributed by atoms with Crippen molar-refractivity contribution in [3.05, 3.63) is 0 Å². The number of nitrogens with two attached hydrogens (primary N) is 1. The van der Waals surface area contributed by atoms with E-state index in [2.05, 4.69) is 10.5 Å². The Morgan fingerprint density at radius 2 is 2.18 bits per heavy atom. The van der Waals surface area contributed by atoms with Crippen LogP contribution in [0, 0.1) is 5.92 Å². The average Bonchev–Trinajstić information content (AvgIpc) is 2.23. The zero-order valence-corrected chi connectivity index (χ0v) is 11.3. The van der Waals surface area contributed by atoms with Crippen molar-refractivity contribution in [3.63, 3.8) is 0 Å². The van der Waals surface area contributed by atoms with Crippen molar-refractivity contribution in [1.29, 1.82) is 0 Å². The summed E-state index contributed by atoms with van der Waals surface area (Å²) in [6.45, 7) is 3.68. The molecule has 17 heavy (non-hydrogen) atoms. The molecule has 0 saturated carbocycles. The highest BCUT2D eigenvalue weighted by molar-refractivity contribution is 7.84. The number of carbonyl (C=O) groups excluding carboxylic acids is 1. The fourth-order valence-electron chi connectivity index (χ4n) is 1.51. The number of hydrogen-bond acceptors (Lipinski definition) is 4. The van der Waals surface area contributed by atoms with Crippen molar-refractivity contribution >= 4 is 22.5 Å². The molecule has 0 saturated heterocycles. The van der Waals surface area contributed by atoms with Crippen LogP contribution in [-0.2, 0) is 15.6 Å². The molecule has 6 nitrogen and oxygen atoms in total. The van der Waals surface area contributed by atoms with Gasteiger partial charge in [0.1, 0.15) is 0 Å². The fraction of sp³-hybridized carbons (Fsp3) is 0.800. The second-order valence-corrected chi connectivity index (χ2v) is 5.50. The summed E-state index contributed by atoms with van der Waals surface area (Å²) in [5.41, 5.74) is 5.46. The Bertz CT molecular complexity index is 307. The SMILES string of the molecule is CCCC(C(=O)NC(C)CS(C)=O)C(N)=NO. The van der Waals surface area contributed by atoms with Crippen LogP contribution in [0.25, 0.3) is 0 Å². The van der Waals surface area contributed by atoms with Gasteiger partial charge in [0.05, 0.1) is 5.92 Å². The van der Waals surface area contributed by atoms with Crippen LogP contribution in [0.2, 0.25) is 0 Å². The first-order valence-corrected chi connectivity index (χ1v) is 7.22. The standard InChI is InChI=1S/C10H21N3O3S/c1-4-5-8(9(11)13-15)10(14)12-7(2)6-17(3)16/h7-8,15H,4-6H2,1-3H3,(H2,11,13)(H,12,14). The highest BCUT2D eigenvalue weighted by atomic mass is 32.2. The molecule has 3 atom stereocenters. The lowest BCUT2D eigenvalue weighted by molar-refractivity contribution is -0.123. The molecule has 0 radical (unpaired) electrons. The number of nitrogens with one attached hydrogen (secondary N) is 1. The van der Waals surface area contributed by atoms with Crippen molar-refractivity contribution in [2.45, 2.75) is 32.7 Å². The second-order valence-electron chi connectivity index (χ2n) is 4.02. The van der Waals surface area contributed by atoms with Crippen molar-refractivity contribution in [1.82, 2.24) is 5.32 Å². The molecular formula is C10H21N3O3S. The molecule has 0 fully saturated rings. The normalized spacial score (nSPS) is 17.2. The first-order valence-electron chi connectivity index (χ1n) is 5.50. The van der Waals surface area contributed by atoms with E-state index in [9.17, 15) is 9.00 Å². The Morgan fingerprint density at radius 1 is 1.59 bits per heavy atom. The Labute approximate surface area is 104 Å². The van der Waals surface area contributed by atoms with E-state index in [4.69, 9.17) is 10.9 Å². The van der Waals surface area contributed by atoms with Gasteiger partial charge in [-0.15, -0.1) is 0 Å². The molecule has 0 bridgehead atoms. The molecule has 0 aliphatic heterocycles. The van der Waals surface area contributed by atoms with E-state index in [0.29, 0.717) is 12.2 Å². The quantitative estimate of drug-likeness (QED) is 0.261. The highest BCUT2D eigenvalue weighted by Gasteiger charge is 2.23. The summed E-state index contributed by atoms with van der Waals surface area (Å²) in [5.74, 6) is -0.618. The predicted octanol–water partition coefficient (Wildman–Crippen LogP) is 0.0323. The minimum absolute atomic E-state index is 0.0887. The summed E-state index contributed by atoms with van der Waals surface area (Å²) >= 11 is 0. The van der Waals surface area contributed by atoms with Gasteiger partial charge in [0, 0.05) is 28.9 Å². The first kappa shape index (κ1) is 15.9. The van der Waals surface area contributed by atoms with Crippen LogP contribution < -0.4 is 11.1 Å². The number of carbonyl (C=O) groups is 1. The largest absolute Gasteiger partial charge is 0.409 e. The van der Waals surface area contributed by atoms with E-state index in [-0.39, 0.29) is 17.8 Å². The molecule has 7 heteroatoms. The molecule has 0 aliphatic rings. The van der Waals surface area contributed by atoms with Gasteiger partial charge in [-0.2, -0.15) is 0 Å². The zero-order valence-electron chi connectivity index (χ0n) is 10.5. The van der Waals surface area contributed by atoms with Crippen molar-refractivity contribution in [2.24, 2.45) is 16.8 Å². The Kier molecular flexibility index (Phi) is 7.53. The smallest absolute Gasteiger partial charge is 0.231 e. The monoisotopic (exact) mass is 263 g/mol. The molecule has 0 spiro atoms. The van der Waals surface area contributed by atoms with Crippen LogP contribution in [0.5, 0.6) is 0 Å². The van der Waals surface area contributed by atoms with E-state index >= 15 is 0 Å². The summed E-state index contributed by atoms with van der Waals surface area (Å²) in [5, 5.41) is 14.2. The topological polar surface area (TPSA) is 105 Å². The predicted molar refractivity (Wildman–Crippen MR) is 68.3 cm³/mol. The van der Waals surface area contributed by atoms with Gasteiger partial charge in [0.2, 0.25) is 5.91 Å². The number of amidine groups is 1. The van der Waals surface area contributed by atoms with Gasteiger partial charge in [-0.25, -0.2) is 0 Å². The maximum Gasteiger partial charge on any atom is 0.231 e. The molecule has 0 rings (SSSR count). The minimum Gasteiger partial charge on any atom is -0.409 e. The van der Waals surface area contributed by atoms with Crippen LogP contribution in [-0.4, -0.2) is 39.2 Å². The van der Waals surface area contributed by atoms with Crippen molar-refractivity contribution in [3.8, 4) is 0 Å². The molecular weight excluding hydrogens is 242 g/mol. The van der Waals surface area contributed by atoms with E-state index in [1.54, 1.807) is 13.2 Å². The van der Waals surface area contributed by atoms with E-state index in [0.717, 1.165) is 6.42 Å². The highest BCUT2D eigenvalue weighted by Crippen LogP contribution is 2.07. The van der Waals surface area contributed by atoms with Crippen molar-refractivity contribution in [2.75, 3.05) is 12.0 Å². The van der Waals surface area contributed by atoms with Gasteiger partial charge in [-0.1, -0.05) is 18.5 Å². The minimum atomic E-state index is -0.967. The molecule has 0 heterocycles. The molecule has 0 aromatic rings. The Morgan fingerprint density at radius 3 is 2.59 bits per heavy atom. The third-order valence-corrected chi connectivity index (χ3v) is 3.21. The summed E-state index contributed by atoms with van der Waals surface area (Å²) < 4.78 is 11.0. The van der Waals surface area contributed by atoms with E-state index in [1.165, 1.54) is 0 Å². The van der Waals surface area contributed by atoms with Crippen molar-refractivity contribution < 1.29 is 14.2 Å². The third-order valence-electron chi connectivity index (χ3n) is 2.24. The number of hydrogen-bond donors (Lipinski definition) is 3. The van der Waals surface area contributed by atoms with Gasteiger partial charge >= 0.3 is 0 Å². The lowest BCUT2D eigenvalue weighted by atomic mass is 10.0. The summed E-state index contributed by atoms with van der Waals surface area (Å²) in [6.07, 6.45) is 2.85. The molecule has 1 amide bonds. The van der Waals surface area contributed by atoms with Crippen LogP contribution in [0.3, 0.4) is 0 Å². The van der Waals surface area contributed by atoms with E-state index in [1.807, 2.05) is 6.92 Å². The number of amides is 1. The second kappa shape index (κ2) is 8.05. The number of nitrogens with zero attached hydrogens (tertiary/aromatic N) is 1. The molecule has 0 aromatic carbocycles. The third kappa shape index (κ3) is 6.25. The molecule has 3 unspecified atom stereocenters. The van der Waals surface area contributed by atoms with Crippen LogP contribution >= 0.6 is 0 Å². The number of rotatable bonds is 7. The van der Waals surface area contributed by atoms with Gasteiger partial charge in [0.15, 0.2) is 5.84 Å². The Balaban J connectivity index is 4.47. The van der Waals surface area contributed by atoms with Gasteiger partial charge in [-0.3, -0.25) is 9.00 Å². The Hall–Kier alpha value is -1.11.